The Morgan fingerprint density at radius 3 is 2.80 bits per heavy atom. The Labute approximate surface area is 126 Å². The highest BCUT2D eigenvalue weighted by Crippen LogP contribution is 2.30. The molecule has 0 amide bonds. The van der Waals surface area contributed by atoms with Crippen molar-refractivity contribution >= 4 is 15.9 Å². The van der Waals surface area contributed by atoms with Gasteiger partial charge in [0.2, 0.25) is 0 Å². The third-order valence-electron chi connectivity index (χ3n) is 3.24. The van der Waals surface area contributed by atoms with Crippen LogP contribution in [0.2, 0.25) is 0 Å². The van der Waals surface area contributed by atoms with E-state index in [0.29, 0.717) is 6.10 Å². The Hall–Kier alpha value is -1.43. The maximum Gasteiger partial charge on any atom is 0.120 e. The first-order chi connectivity index (χ1) is 9.76. The first-order valence-electron chi connectivity index (χ1n) is 6.59. The number of nitrogens with one attached hydrogen (secondary N) is 1. The van der Waals surface area contributed by atoms with Crippen LogP contribution in [0, 0.1) is 0 Å². The Balaban J connectivity index is 1.88. The van der Waals surface area contributed by atoms with Gasteiger partial charge in [-0.1, -0.05) is 12.1 Å². The summed E-state index contributed by atoms with van der Waals surface area (Å²) in [6.45, 7) is 0. The number of rotatable bonds is 5. The third-order valence-corrected chi connectivity index (χ3v) is 3.68. The summed E-state index contributed by atoms with van der Waals surface area (Å²) < 4.78 is 6.76. The average molecular weight is 334 g/mol. The van der Waals surface area contributed by atoms with Gasteiger partial charge in [0.15, 0.2) is 0 Å². The van der Waals surface area contributed by atoms with Gasteiger partial charge in [0, 0.05) is 16.9 Å². The average Bonchev–Trinajstić information content (AvgIpc) is 3.24. The summed E-state index contributed by atoms with van der Waals surface area (Å²) in [4.78, 5) is 4.19. The molecule has 0 aliphatic heterocycles. The molecule has 1 saturated carbocycles. The number of pyridine rings is 1. The summed E-state index contributed by atoms with van der Waals surface area (Å²) in [7, 11) is 0. The van der Waals surface area contributed by atoms with Crippen molar-refractivity contribution < 1.29 is 4.74 Å². The fraction of sp³-hybridized carbons (Fsp3) is 0.267. The molecule has 0 spiro atoms. The zero-order valence-corrected chi connectivity index (χ0v) is 12.5. The lowest BCUT2D eigenvalue weighted by atomic mass is 10.0. The van der Waals surface area contributed by atoms with Crippen LogP contribution >= 0.6 is 15.9 Å². The van der Waals surface area contributed by atoms with Gasteiger partial charge >= 0.3 is 0 Å². The maximum atomic E-state index is 5.83. The lowest BCUT2D eigenvalue weighted by Gasteiger charge is -2.17. The van der Waals surface area contributed by atoms with Crippen LogP contribution in [0.25, 0.3) is 0 Å². The second-order valence-electron chi connectivity index (χ2n) is 4.93. The van der Waals surface area contributed by atoms with Crippen LogP contribution in [0.4, 0.5) is 0 Å². The molecule has 0 bridgehead atoms. The Bertz CT molecular complexity index is 601. The summed E-state index contributed by atoms with van der Waals surface area (Å²) in [5, 5.41) is 0. The third kappa shape index (κ3) is 3.17. The van der Waals surface area contributed by atoms with E-state index in [1.165, 1.54) is 0 Å². The minimum Gasteiger partial charge on any atom is -0.490 e. The number of hydrogen-bond acceptors (Lipinski definition) is 4. The molecule has 1 aliphatic carbocycles. The highest BCUT2D eigenvalue weighted by atomic mass is 79.9. The van der Waals surface area contributed by atoms with E-state index in [0.717, 1.165) is 34.2 Å². The largest absolute Gasteiger partial charge is 0.490 e. The molecule has 3 rings (SSSR count). The predicted octanol–water partition coefficient (Wildman–Crippen LogP) is 2.94. The van der Waals surface area contributed by atoms with Crippen molar-refractivity contribution in [2.24, 2.45) is 5.84 Å². The summed E-state index contributed by atoms with van der Waals surface area (Å²) in [6.07, 6.45) is 6.26. The van der Waals surface area contributed by atoms with E-state index in [2.05, 4.69) is 26.3 Å². The van der Waals surface area contributed by atoms with E-state index in [-0.39, 0.29) is 6.04 Å². The van der Waals surface area contributed by atoms with Crippen LogP contribution in [0.15, 0.2) is 47.2 Å². The summed E-state index contributed by atoms with van der Waals surface area (Å²) >= 11 is 3.43. The zero-order valence-electron chi connectivity index (χ0n) is 10.9. The van der Waals surface area contributed by atoms with Crippen LogP contribution in [-0.4, -0.2) is 11.1 Å². The fourth-order valence-corrected chi connectivity index (χ4v) is 2.50. The van der Waals surface area contributed by atoms with Gasteiger partial charge in [0.05, 0.1) is 12.1 Å². The molecule has 0 radical (unpaired) electrons. The van der Waals surface area contributed by atoms with E-state index < -0.39 is 0 Å². The molecule has 1 unspecified atom stereocenters. The quantitative estimate of drug-likeness (QED) is 0.652. The van der Waals surface area contributed by atoms with Gasteiger partial charge in [-0.15, -0.1) is 0 Å². The van der Waals surface area contributed by atoms with Gasteiger partial charge < -0.3 is 4.74 Å². The lowest BCUT2D eigenvalue weighted by molar-refractivity contribution is 0.302. The van der Waals surface area contributed by atoms with Crippen molar-refractivity contribution in [3.05, 3.63) is 58.3 Å². The zero-order chi connectivity index (χ0) is 13.9. The van der Waals surface area contributed by atoms with E-state index in [9.17, 15) is 0 Å². The smallest absolute Gasteiger partial charge is 0.120 e. The number of aromatic nitrogens is 1. The van der Waals surface area contributed by atoms with Gasteiger partial charge in [0.25, 0.3) is 0 Å². The Morgan fingerprint density at radius 2 is 2.10 bits per heavy atom. The molecule has 0 saturated heterocycles. The topological polar surface area (TPSA) is 60.2 Å². The summed E-state index contributed by atoms with van der Waals surface area (Å²) in [6, 6.07) is 9.93. The number of benzene rings is 1. The molecule has 1 heterocycles. The Kier molecular flexibility index (Phi) is 4.00. The number of ether oxygens (including phenoxy) is 1. The van der Waals surface area contributed by atoms with E-state index in [1.54, 1.807) is 6.20 Å². The molecule has 1 aromatic heterocycles. The van der Waals surface area contributed by atoms with Gasteiger partial charge in [-0.2, -0.15) is 0 Å². The second kappa shape index (κ2) is 5.91. The monoisotopic (exact) mass is 333 g/mol. The van der Waals surface area contributed by atoms with E-state index >= 15 is 0 Å². The summed E-state index contributed by atoms with van der Waals surface area (Å²) in [5.74, 6) is 6.61. The van der Waals surface area contributed by atoms with Crippen LogP contribution in [0.3, 0.4) is 0 Å². The first-order valence-corrected chi connectivity index (χ1v) is 7.39. The lowest BCUT2D eigenvalue weighted by Crippen LogP contribution is -2.29. The minimum absolute atomic E-state index is 0.109. The molecule has 1 aromatic carbocycles. The van der Waals surface area contributed by atoms with Crippen molar-refractivity contribution in [1.82, 2.24) is 10.4 Å². The molecule has 5 heteroatoms. The van der Waals surface area contributed by atoms with E-state index in [4.69, 9.17) is 10.6 Å². The molecular formula is C15H16BrN3O. The van der Waals surface area contributed by atoms with Crippen LogP contribution in [0.1, 0.15) is 30.0 Å². The van der Waals surface area contributed by atoms with Crippen molar-refractivity contribution in [3.63, 3.8) is 0 Å². The van der Waals surface area contributed by atoms with Crippen LogP contribution in [-0.2, 0) is 0 Å². The molecular weight excluding hydrogens is 318 g/mol. The van der Waals surface area contributed by atoms with Crippen molar-refractivity contribution in [2.45, 2.75) is 25.0 Å². The highest BCUT2D eigenvalue weighted by molar-refractivity contribution is 9.10. The number of nitrogens with zero attached hydrogens (tertiary/aromatic N) is 1. The number of hydrazine groups is 1. The van der Waals surface area contributed by atoms with Gasteiger partial charge in [-0.05, 0) is 58.1 Å². The molecule has 1 fully saturated rings. The minimum atomic E-state index is -0.109. The molecule has 1 atom stereocenters. The SMILES string of the molecule is NNC(c1cncc(Br)c1)c1cccc(OC2CC2)c1. The number of nitrogens with two attached hydrogens (primary N) is 1. The molecule has 4 nitrogen and oxygen atoms in total. The summed E-state index contributed by atoms with van der Waals surface area (Å²) in [5.41, 5.74) is 4.91. The first kappa shape index (κ1) is 13.5. The number of halogens is 1. The number of hydrogen-bond donors (Lipinski definition) is 2. The van der Waals surface area contributed by atoms with Gasteiger partial charge in [0.1, 0.15) is 5.75 Å². The van der Waals surface area contributed by atoms with Crippen molar-refractivity contribution in [2.75, 3.05) is 0 Å². The maximum absolute atomic E-state index is 5.83. The second-order valence-corrected chi connectivity index (χ2v) is 5.84. The molecule has 3 N–H and O–H groups in total. The molecule has 104 valence electrons. The fourth-order valence-electron chi connectivity index (χ4n) is 2.12. The molecule has 2 aromatic rings. The van der Waals surface area contributed by atoms with E-state index in [1.807, 2.05) is 36.5 Å². The molecule has 20 heavy (non-hydrogen) atoms. The Morgan fingerprint density at radius 1 is 1.25 bits per heavy atom. The van der Waals surface area contributed by atoms with Crippen molar-refractivity contribution in [1.29, 1.82) is 0 Å². The predicted molar refractivity (Wildman–Crippen MR) is 81.2 cm³/mol. The highest BCUT2D eigenvalue weighted by Gasteiger charge is 2.24. The van der Waals surface area contributed by atoms with Crippen molar-refractivity contribution in [3.8, 4) is 5.75 Å². The van der Waals surface area contributed by atoms with Crippen LogP contribution in [0.5, 0.6) is 5.75 Å². The normalized spacial score (nSPS) is 15.9. The van der Waals surface area contributed by atoms with Crippen LogP contribution < -0.4 is 16.0 Å². The standard InChI is InChI=1S/C15H16BrN3O/c16-12-6-11(8-18-9-12)15(19-17)10-2-1-3-14(7-10)20-13-4-5-13/h1-3,6-9,13,15,19H,4-5,17H2. The van der Waals surface area contributed by atoms with Gasteiger partial charge in [-0.3, -0.25) is 10.8 Å². The molecule has 1 aliphatic rings. The van der Waals surface area contributed by atoms with Gasteiger partial charge in [-0.25, -0.2) is 5.43 Å².